The summed E-state index contributed by atoms with van der Waals surface area (Å²) in [7, 11) is 2.98. The third kappa shape index (κ3) is 2.34. The molecular formula is C12H17NO4. The quantitative estimate of drug-likeness (QED) is 0.830. The fraction of sp³-hybridized carbons (Fsp3) is 0.417. The van der Waals surface area contributed by atoms with Crippen LogP contribution in [-0.4, -0.2) is 25.3 Å². The molecule has 0 aromatic heterocycles. The first kappa shape index (κ1) is 13.3. The zero-order valence-corrected chi connectivity index (χ0v) is 10.4. The van der Waals surface area contributed by atoms with Crippen LogP contribution in [0.25, 0.3) is 0 Å². The van der Waals surface area contributed by atoms with Gasteiger partial charge in [-0.25, -0.2) is 0 Å². The van der Waals surface area contributed by atoms with Gasteiger partial charge >= 0.3 is 5.97 Å². The molecule has 0 aliphatic carbocycles. The second kappa shape index (κ2) is 5.05. The van der Waals surface area contributed by atoms with Crippen LogP contribution in [0.4, 0.5) is 0 Å². The maximum Gasteiger partial charge on any atom is 0.325 e. The molecule has 3 N–H and O–H groups in total. The van der Waals surface area contributed by atoms with Gasteiger partial charge in [0.15, 0.2) is 11.5 Å². The second-order valence-electron chi connectivity index (χ2n) is 3.81. The van der Waals surface area contributed by atoms with E-state index in [0.29, 0.717) is 17.1 Å². The van der Waals surface area contributed by atoms with Gasteiger partial charge in [-0.05, 0) is 25.0 Å². The molecule has 0 spiro atoms. The minimum absolute atomic E-state index is 0.389. The molecule has 0 bridgehead atoms. The van der Waals surface area contributed by atoms with Crippen molar-refractivity contribution in [2.75, 3.05) is 14.2 Å². The Balaban J connectivity index is 3.52. The van der Waals surface area contributed by atoms with E-state index in [4.69, 9.17) is 20.3 Å². The van der Waals surface area contributed by atoms with Crippen molar-refractivity contribution in [1.82, 2.24) is 0 Å². The van der Waals surface area contributed by atoms with Crippen molar-refractivity contribution >= 4 is 5.97 Å². The summed E-state index contributed by atoms with van der Waals surface area (Å²) in [5, 5.41) is 8.99. The molecule has 1 atom stereocenters. The Hall–Kier alpha value is -1.75. The molecule has 0 saturated carbocycles. The molecule has 0 radical (unpaired) electrons. The van der Waals surface area contributed by atoms with E-state index in [2.05, 4.69) is 0 Å². The number of carbonyl (C=O) groups is 1. The molecule has 1 aromatic carbocycles. The predicted octanol–water partition coefficient (Wildman–Crippen LogP) is 1.41. The zero-order chi connectivity index (χ0) is 13.2. The lowest BCUT2D eigenvalue weighted by Gasteiger charge is -2.19. The molecule has 0 heterocycles. The Morgan fingerprint density at radius 2 is 1.76 bits per heavy atom. The number of aliphatic carboxylic acids is 1. The van der Waals surface area contributed by atoms with Gasteiger partial charge in [0, 0.05) is 5.56 Å². The molecule has 1 rings (SSSR count). The lowest BCUT2D eigenvalue weighted by molar-refractivity contribution is -0.138. The maximum atomic E-state index is 11.0. The number of carboxylic acid groups (broad SMARTS) is 1. The highest BCUT2D eigenvalue weighted by Gasteiger charge is 2.25. The fourth-order valence-corrected chi connectivity index (χ4v) is 1.91. The van der Waals surface area contributed by atoms with Crippen molar-refractivity contribution in [2.45, 2.75) is 19.9 Å². The number of benzene rings is 1. The van der Waals surface area contributed by atoms with Crippen LogP contribution in [0.5, 0.6) is 11.5 Å². The molecule has 5 heteroatoms. The van der Waals surface area contributed by atoms with Crippen LogP contribution in [0.1, 0.15) is 22.7 Å². The highest BCUT2D eigenvalue weighted by Crippen LogP contribution is 2.39. The van der Waals surface area contributed by atoms with Crippen LogP contribution in [-0.2, 0) is 4.79 Å². The molecular weight excluding hydrogens is 222 g/mol. The summed E-state index contributed by atoms with van der Waals surface area (Å²) < 4.78 is 10.5. The summed E-state index contributed by atoms with van der Waals surface area (Å²) in [6.07, 6.45) is 0. The van der Waals surface area contributed by atoms with Crippen LogP contribution >= 0.6 is 0 Å². The first-order valence-electron chi connectivity index (χ1n) is 5.14. The van der Waals surface area contributed by atoms with Crippen molar-refractivity contribution in [2.24, 2.45) is 5.73 Å². The van der Waals surface area contributed by atoms with Gasteiger partial charge in [0.25, 0.3) is 0 Å². The van der Waals surface area contributed by atoms with Gasteiger partial charge in [-0.3, -0.25) is 4.79 Å². The largest absolute Gasteiger partial charge is 0.493 e. The van der Waals surface area contributed by atoms with Gasteiger partial charge in [0.05, 0.1) is 14.2 Å². The van der Waals surface area contributed by atoms with Crippen LogP contribution in [0.2, 0.25) is 0 Å². The Labute approximate surface area is 100 Å². The first-order valence-corrected chi connectivity index (χ1v) is 5.14. The minimum Gasteiger partial charge on any atom is -0.493 e. The average molecular weight is 239 g/mol. The number of carboxylic acids is 1. The molecule has 1 aromatic rings. The number of aryl methyl sites for hydroxylation is 2. The molecule has 17 heavy (non-hydrogen) atoms. The third-order valence-electron chi connectivity index (χ3n) is 2.65. The molecule has 94 valence electrons. The van der Waals surface area contributed by atoms with E-state index in [9.17, 15) is 4.79 Å². The van der Waals surface area contributed by atoms with E-state index in [1.165, 1.54) is 14.2 Å². The van der Waals surface area contributed by atoms with Gasteiger partial charge < -0.3 is 20.3 Å². The van der Waals surface area contributed by atoms with Crippen LogP contribution in [0.3, 0.4) is 0 Å². The van der Waals surface area contributed by atoms with Crippen LogP contribution in [0, 0.1) is 13.8 Å². The molecule has 5 nitrogen and oxygen atoms in total. The molecule has 0 saturated heterocycles. The van der Waals surface area contributed by atoms with Crippen molar-refractivity contribution < 1.29 is 19.4 Å². The number of ether oxygens (including phenoxy) is 2. The fourth-order valence-electron chi connectivity index (χ4n) is 1.91. The maximum absolute atomic E-state index is 11.0. The molecule has 0 aliphatic heterocycles. The standard InChI is InChI=1S/C12H17NO4/c1-6-5-7(2)10(16-3)11(17-4)8(6)9(13)12(14)15/h5,9H,13H2,1-4H3,(H,14,15). The average Bonchev–Trinajstić information content (AvgIpc) is 2.27. The van der Waals surface area contributed by atoms with Gasteiger partial charge in [-0.2, -0.15) is 0 Å². The summed E-state index contributed by atoms with van der Waals surface area (Å²) in [6, 6.07) is 0.707. The van der Waals surface area contributed by atoms with E-state index in [1.807, 2.05) is 13.0 Å². The van der Waals surface area contributed by atoms with E-state index in [1.54, 1.807) is 6.92 Å². The van der Waals surface area contributed by atoms with Gasteiger partial charge in [0.1, 0.15) is 6.04 Å². The Kier molecular flexibility index (Phi) is 3.96. The number of hydrogen-bond donors (Lipinski definition) is 2. The van der Waals surface area contributed by atoms with Gasteiger partial charge in [-0.1, -0.05) is 6.07 Å². The number of hydrogen-bond acceptors (Lipinski definition) is 4. The van der Waals surface area contributed by atoms with Crippen molar-refractivity contribution in [3.63, 3.8) is 0 Å². The second-order valence-corrected chi connectivity index (χ2v) is 3.81. The molecule has 1 unspecified atom stereocenters. The van der Waals surface area contributed by atoms with Crippen LogP contribution in [0.15, 0.2) is 6.07 Å². The van der Waals surface area contributed by atoms with Crippen LogP contribution < -0.4 is 15.2 Å². The monoisotopic (exact) mass is 239 g/mol. The smallest absolute Gasteiger partial charge is 0.325 e. The summed E-state index contributed by atoms with van der Waals surface area (Å²) in [6.45, 7) is 3.66. The zero-order valence-electron chi connectivity index (χ0n) is 10.4. The number of methoxy groups -OCH3 is 2. The summed E-state index contributed by atoms with van der Waals surface area (Å²) in [5.41, 5.74) is 7.75. The lowest BCUT2D eigenvalue weighted by Crippen LogP contribution is -2.22. The van der Waals surface area contributed by atoms with E-state index >= 15 is 0 Å². The molecule has 0 amide bonds. The first-order chi connectivity index (χ1) is 7.93. The van der Waals surface area contributed by atoms with Gasteiger partial charge in [0.2, 0.25) is 0 Å². The van der Waals surface area contributed by atoms with E-state index in [0.717, 1.165) is 11.1 Å². The highest BCUT2D eigenvalue weighted by molar-refractivity contribution is 5.78. The summed E-state index contributed by atoms with van der Waals surface area (Å²) in [5.74, 6) is -0.193. The SMILES string of the molecule is COc1c(C)cc(C)c(C(N)C(=O)O)c1OC. The normalized spacial score (nSPS) is 12.1. The topological polar surface area (TPSA) is 81.8 Å². The van der Waals surface area contributed by atoms with Crippen molar-refractivity contribution in [1.29, 1.82) is 0 Å². The summed E-state index contributed by atoms with van der Waals surface area (Å²) >= 11 is 0. The Morgan fingerprint density at radius 3 is 2.18 bits per heavy atom. The number of rotatable bonds is 4. The van der Waals surface area contributed by atoms with Crippen molar-refractivity contribution in [3.05, 3.63) is 22.8 Å². The predicted molar refractivity (Wildman–Crippen MR) is 63.6 cm³/mol. The molecule has 0 fully saturated rings. The Morgan fingerprint density at radius 1 is 1.24 bits per heavy atom. The minimum atomic E-state index is -1.13. The highest BCUT2D eigenvalue weighted by atomic mass is 16.5. The van der Waals surface area contributed by atoms with Crippen molar-refractivity contribution in [3.8, 4) is 11.5 Å². The Bertz CT molecular complexity index is 443. The van der Waals surface area contributed by atoms with Gasteiger partial charge in [-0.15, -0.1) is 0 Å². The van der Waals surface area contributed by atoms with E-state index in [-0.39, 0.29) is 0 Å². The van der Waals surface area contributed by atoms with E-state index < -0.39 is 12.0 Å². The molecule has 0 aliphatic rings. The number of nitrogens with two attached hydrogens (primary N) is 1. The third-order valence-corrected chi connectivity index (χ3v) is 2.65. The summed E-state index contributed by atoms with van der Waals surface area (Å²) in [4.78, 5) is 11.0. The lowest BCUT2D eigenvalue weighted by atomic mass is 9.97.